The molecule has 5 heteroatoms. The fourth-order valence-corrected chi connectivity index (χ4v) is 1.26. The molecule has 0 aliphatic rings. The predicted octanol–water partition coefficient (Wildman–Crippen LogP) is 2.51. The van der Waals surface area contributed by atoms with Gasteiger partial charge in [0, 0.05) is 0 Å². The topological polar surface area (TPSA) is 35.5 Å². The minimum absolute atomic E-state index is 0.0714. The van der Waals surface area contributed by atoms with Crippen LogP contribution < -0.4 is 0 Å². The minimum Gasteiger partial charge on any atom is -0.375 e. The molecule has 0 aromatic heterocycles. The summed E-state index contributed by atoms with van der Waals surface area (Å²) in [6, 6.07) is 9.57. The third-order valence-corrected chi connectivity index (χ3v) is 2.16. The Morgan fingerprint density at radius 2 is 2.00 bits per heavy atom. The van der Waals surface area contributed by atoms with E-state index < -0.39 is 11.3 Å². The Kier molecular flexibility index (Phi) is 5.47. The highest BCUT2D eigenvalue weighted by Gasteiger charge is 2.16. The molecule has 1 aromatic rings. The molecule has 3 nitrogen and oxygen atoms in total. The highest BCUT2D eigenvalue weighted by molar-refractivity contribution is 6.32. The van der Waals surface area contributed by atoms with Crippen molar-refractivity contribution in [1.82, 2.24) is 0 Å². The largest absolute Gasteiger partial charge is 0.375 e. The molecule has 1 atom stereocenters. The molecule has 1 aromatic carbocycles. The number of carbonyl (C=O) groups excluding carboxylic acids is 1. The van der Waals surface area contributed by atoms with Crippen molar-refractivity contribution < 1.29 is 13.8 Å². The van der Waals surface area contributed by atoms with E-state index in [9.17, 15) is 4.79 Å². The molecule has 0 N–H and O–H groups in total. The van der Waals surface area contributed by atoms with Crippen LogP contribution in [0, 0.1) is 0 Å². The number of alkyl halides is 1. The van der Waals surface area contributed by atoms with Crippen molar-refractivity contribution in [2.24, 2.45) is 0 Å². The van der Waals surface area contributed by atoms with Crippen LogP contribution in [0.15, 0.2) is 30.3 Å². The number of benzene rings is 1. The lowest BCUT2D eigenvalue weighted by Gasteiger charge is -2.06. The van der Waals surface area contributed by atoms with E-state index in [-0.39, 0.29) is 6.61 Å². The number of ether oxygens (including phenoxy) is 1. The quantitative estimate of drug-likeness (QED) is 0.752. The molecule has 1 rings (SSSR count). The lowest BCUT2D eigenvalue weighted by atomic mass is 10.2. The second kappa shape index (κ2) is 6.67. The summed E-state index contributed by atoms with van der Waals surface area (Å²) in [7, 11) is 0. The van der Waals surface area contributed by atoms with Crippen LogP contribution in [0.5, 0.6) is 0 Å². The van der Waals surface area contributed by atoms with Crippen LogP contribution in [0.3, 0.4) is 0 Å². The van der Waals surface area contributed by atoms with E-state index in [0.29, 0.717) is 6.61 Å². The monoisotopic (exact) mass is 248 g/mol. The summed E-state index contributed by atoms with van der Waals surface area (Å²) >= 11 is 10.5. The van der Waals surface area contributed by atoms with Crippen molar-refractivity contribution in [3.8, 4) is 0 Å². The second-order valence-electron chi connectivity index (χ2n) is 2.86. The summed E-state index contributed by atoms with van der Waals surface area (Å²) < 4.78 is 9.15. The van der Waals surface area contributed by atoms with Crippen molar-refractivity contribution in [1.29, 1.82) is 0 Å². The zero-order chi connectivity index (χ0) is 11.1. The fourth-order valence-electron chi connectivity index (χ4n) is 0.971. The zero-order valence-electron chi connectivity index (χ0n) is 7.86. The molecule has 0 fully saturated rings. The summed E-state index contributed by atoms with van der Waals surface area (Å²) in [6.45, 7) is 0.474. The first-order valence-electron chi connectivity index (χ1n) is 4.32. The van der Waals surface area contributed by atoms with Gasteiger partial charge in [0.15, 0.2) is 5.38 Å². The maximum Gasteiger partial charge on any atom is 0.344 e. The van der Waals surface area contributed by atoms with Gasteiger partial charge in [0.25, 0.3) is 0 Å². The van der Waals surface area contributed by atoms with E-state index in [2.05, 4.69) is 4.29 Å². The summed E-state index contributed by atoms with van der Waals surface area (Å²) in [5.74, 6) is -0.702. The van der Waals surface area contributed by atoms with Crippen molar-refractivity contribution in [2.75, 3.05) is 6.61 Å². The molecular weight excluding hydrogens is 239 g/mol. The lowest BCUT2D eigenvalue weighted by molar-refractivity contribution is -0.134. The van der Waals surface area contributed by atoms with Gasteiger partial charge in [0.2, 0.25) is 0 Å². The van der Waals surface area contributed by atoms with E-state index in [4.69, 9.17) is 28.2 Å². The SMILES string of the molecule is O=C(OCl)C(Cl)COCc1ccccc1. The Hall–Kier alpha value is -0.770. The first-order chi connectivity index (χ1) is 7.24. The molecule has 0 saturated heterocycles. The van der Waals surface area contributed by atoms with E-state index >= 15 is 0 Å². The fraction of sp³-hybridized carbons (Fsp3) is 0.300. The Morgan fingerprint density at radius 1 is 1.33 bits per heavy atom. The molecule has 0 bridgehead atoms. The summed E-state index contributed by atoms with van der Waals surface area (Å²) in [5.41, 5.74) is 1.01. The van der Waals surface area contributed by atoms with Gasteiger partial charge in [0.1, 0.15) is 11.9 Å². The van der Waals surface area contributed by atoms with Crippen LogP contribution in [-0.4, -0.2) is 18.0 Å². The van der Waals surface area contributed by atoms with E-state index in [1.165, 1.54) is 0 Å². The van der Waals surface area contributed by atoms with Gasteiger partial charge in [-0.05, 0) is 5.56 Å². The molecule has 0 saturated carbocycles. The Balaban J connectivity index is 2.25. The van der Waals surface area contributed by atoms with Gasteiger partial charge >= 0.3 is 5.97 Å². The molecular formula is C10H10Cl2O3. The Morgan fingerprint density at radius 3 is 2.60 bits per heavy atom. The van der Waals surface area contributed by atoms with Crippen molar-refractivity contribution >= 4 is 29.4 Å². The molecule has 0 heterocycles. The van der Waals surface area contributed by atoms with E-state index in [0.717, 1.165) is 5.56 Å². The third kappa shape index (κ3) is 4.51. The summed E-state index contributed by atoms with van der Waals surface area (Å²) in [5, 5.41) is -0.869. The summed E-state index contributed by atoms with van der Waals surface area (Å²) in [6.07, 6.45) is 0. The standard InChI is InChI=1S/C10H10Cl2O3/c11-9(10(13)15-12)7-14-6-8-4-2-1-3-5-8/h1-5,9H,6-7H2. The van der Waals surface area contributed by atoms with Gasteiger partial charge in [-0.1, -0.05) is 30.3 Å². The first kappa shape index (κ1) is 12.3. The predicted molar refractivity (Wildman–Crippen MR) is 57.7 cm³/mol. The number of rotatable bonds is 5. The van der Waals surface area contributed by atoms with Gasteiger partial charge in [-0.15, -0.1) is 11.6 Å². The van der Waals surface area contributed by atoms with Gasteiger partial charge in [-0.25, -0.2) is 4.79 Å². The normalized spacial score (nSPS) is 12.1. The van der Waals surface area contributed by atoms with Gasteiger partial charge in [-0.3, -0.25) is 0 Å². The lowest BCUT2D eigenvalue weighted by Crippen LogP contribution is -2.20. The zero-order valence-corrected chi connectivity index (χ0v) is 9.37. The Bertz CT molecular complexity index is 303. The smallest absolute Gasteiger partial charge is 0.344 e. The molecule has 0 radical (unpaired) electrons. The molecule has 82 valence electrons. The van der Waals surface area contributed by atoms with Crippen LogP contribution in [0.2, 0.25) is 0 Å². The van der Waals surface area contributed by atoms with Crippen LogP contribution in [0.1, 0.15) is 5.56 Å². The maximum absolute atomic E-state index is 10.8. The van der Waals surface area contributed by atoms with Crippen LogP contribution >= 0.6 is 23.5 Å². The third-order valence-electron chi connectivity index (χ3n) is 1.71. The molecule has 0 spiro atoms. The second-order valence-corrected chi connectivity index (χ2v) is 3.55. The highest BCUT2D eigenvalue weighted by atomic mass is 35.5. The van der Waals surface area contributed by atoms with Crippen LogP contribution in [-0.2, 0) is 20.4 Å². The number of hydrogen-bond acceptors (Lipinski definition) is 3. The molecule has 0 amide bonds. The minimum atomic E-state index is -0.869. The van der Waals surface area contributed by atoms with E-state index in [1.54, 1.807) is 0 Å². The van der Waals surface area contributed by atoms with Crippen molar-refractivity contribution in [3.05, 3.63) is 35.9 Å². The van der Waals surface area contributed by atoms with E-state index in [1.807, 2.05) is 30.3 Å². The average molecular weight is 249 g/mol. The molecule has 0 aliphatic heterocycles. The van der Waals surface area contributed by atoms with Crippen LogP contribution in [0.4, 0.5) is 0 Å². The highest BCUT2D eigenvalue weighted by Crippen LogP contribution is 2.05. The maximum atomic E-state index is 10.8. The molecule has 15 heavy (non-hydrogen) atoms. The van der Waals surface area contributed by atoms with Crippen molar-refractivity contribution in [3.63, 3.8) is 0 Å². The van der Waals surface area contributed by atoms with Crippen molar-refractivity contribution in [2.45, 2.75) is 12.0 Å². The summed E-state index contributed by atoms with van der Waals surface area (Å²) in [4.78, 5) is 10.8. The first-order valence-corrected chi connectivity index (χ1v) is 5.06. The number of halogens is 2. The number of carbonyl (C=O) groups is 1. The molecule has 0 aliphatic carbocycles. The Labute approximate surface area is 98.1 Å². The molecule has 1 unspecified atom stereocenters. The van der Waals surface area contributed by atoms with Gasteiger partial charge < -0.3 is 9.03 Å². The van der Waals surface area contributed by atoms with Gasteiger partial charge in [0.05, 0.1) is 13.2 Å². The average Bonchev–Trinajstić information content (AvgIpc) is 2.29. The number of hydrogen-bond donors (Lipinski definition) is 0. The van der Waals surface area contributed by atoms with Crippen LogP contribution in [0.25, 0.3) is 0 Å². The van der Waals surface area contributed by atoms with Gasteiger partial charge in [-0.2, -0.15) is 0 Å².